The first kappa shape index (κ1) is 25.2. The van der Waals surface area contributed by atoms with Gasteiger partial charge in [0.25, 0.3) is 0 Å². The summed E-state index contributed by atoms with van der Waals surface area (Å²) in [5.74, 6) is 0.405. The van der Waals surface area contributed by atoms with Crippen molar-refractivity contribution in [3.8, 4) is 11.4 Å². The average molecular weight is 599 g/mol. The molecule has 0 aliphatic carbocycles. The van der Waals surface area contributed by atoms with Gasteiger partial charge in [-0.3, -0.25) is 9.71 Å². The van der Waals surface area contributed by atoms with Crippen molar-refractivity contribution in [1.82, 2.24) is 14.9 Å². The second-order valence-electron chi connectivity index (χ2n) is 8.54. The van der Waals surface area contributed by atoms with Gasteiger partial charge in [-0.2, -0.15) is 0 Å². The van der Waals surface area contributed by atoms with Crippen molar-refractivity contribution >= 4 is 54.7 Å². The van der Waals surface area contributed by atoms with Crippen LogP contribution in [0.25, 0.3) is 5.69 Å². The Kier molecular flexibility index (Phi) is 6.93. The van der Waals surface area contributed by atoms with E-state index in [1.54, 1.807) is 18.3 Å². The molecule has 1 fully saturated rings. The minimum absolute atomic E-state index is 0.261. The fourth-order valence-corrected chi connectivity index (χ4v) is 5.85. The van der Waals surface area contributed by atoms with E-state index in [0.717, 1.165) is 27.8 Å². The van der Waals surface area contributed by atoms with Crippen LogP contribution in [0, 0.1) is 0 Å². The predicted molar refractivity (Wildman–Crippen MR) is 153 cm³/mol. The van der Waals surface area contributed by atoms with Crippen LogP contribution in [-0.2, 0) is 10.0 Å². The number of sulfonamides is 1. The van der Waals surface area contributed by atoms with Gasteiger partial charge in [0.2, 0.25) is 10.0 Å². The molecular weight excluding hydrogens is 574 g/mol. The zero-order valence-electron chi connectivity index (χ0n) is 20.0. The fraction of sp³-hybridized carbons (Fsp3) is 0.154. The lowest BCUT2D eigenvalue weighted by Crippen LogP contribution is -2.30. The van der Waals surface area contributed by atoms with Crippen molar-refractivity contribution in [1.29, 1.82) is 0 Å². The predicted octanol–water partition coefficient (Wildman–Crippen LogP) is 5.19. The third kappa shape index (κ3) is 5.20. The number of aromatic nitrogens is 2. The molecule has 5 rings (SSSR count). The summed E-state index contributed by atoms with van der Waals surface area (Å²) in [5, 5.41) is 3.94. The topological polar surface area (TPSA) is 88.5 Å². The third-order valence-corrected chi connectivity index (χ3v) is 7.42. The van der Waals surface area contributed by atoms with E-state index in [9.17, 15) is 8.42 Å². The number of methoxy groups -OCH3 is 1. The Hall–Kier alpha value is -3.41. The van der Waals surface area contributed by atoms with Crippen LogP contribution in [0.1, 0.15) is 23.5 Å². The van der Waals surface area contributed by atoms with Crippen LogP contribution in [0.2, 0.25) is 0 Å². The second-order valence-corrected chi connectivity index (χ2v) is 11.6. The van der Waals surface area contributed by atoms with Gasteiger partial charge in [0.15, 0.2) is 5.11 Å². The summed E-state index contributed by atoms with van der Waals surface area (Å²) in [6.45, 7) is 0. The van der Waals surface area contributed by atoms with Crippen LogP contribution in [0.5, 0.6) is 5.75 Å². The van der Waals surface area contributed by atoms with Gasteiger partial charge in [0, 0.05) is 33.9 Å². The maximum absolute atomic E-state index is 12.0. The zero-order chi connectivity index (χ0) is 26.2. The number of nitrogens with one attached hydrogen (secondary N) is 2. The van der Waals surface area contributed by atoms with E-state index in [2.05, 4.69) is 41.6 Å². The summed E-state index contributed by atoms with van der Waals surface area (Å²) in [7, 11) is -2.04. The molecular formula is C26H24BrN5O3S2. The van der Waals surface area contributed by atoms with Crippen molar-refractivity contribution < 1.29 is 13.2 Å². The van der Waals surface area contributed by atoms with E-state index >= 15 is 0 Å². The van der Waals surface area contributed by atoms with E-state index < -0.39 is 10.0 Å². The summed E-state index contributed by atoms with van der Waals surface area (Å²) < 4.78 is 35.1. The van der Waals surface area contributed by atoms with Gasteiger partial charge in [0.1, 0.15) is 11.8 Å². The molecule has 0 radical (unpaired) electrons. The molecule has 37 heavy (non-hydrogen) atoms. The Bertz CT molecular complexity index is 1560. The van der Waals surface area contributed by atoms with Crippen LogP contribution in [0.3, 0.4) is 0 Å². The smallest absolute Gasteiger partial charge is 0.229 e. The quantitative estimate of drug-likeness (QED) is 0.283. The molecule has 1 aliphatic rings. The van der Waals surface area contributed by atoms with Gasteiger partial charge in [0.05, 0.1) is 30.8 Å². The molecule has 11 heteroatoms. The van der Waals surface area contributed by atoms with Crippen molar-refractivity contribution in [2.75, 3.05) is 23.0 Å². The van der Waals surface area contributed by atoms with E-state index in [0.29, 0.717) is 22.2 Å². The summed E-state index contributed by atoms with van der Waals surface area (Å²) in [6, 6.07) is 22.7. The maximum Gasteiger partial charge on any atom is 0.229 e. The number of nitrogens with zero attached hydrogens (tertiary/aromatic N) is 3. The number of hydrogen-bond donors (Lipinski definition) is 2. The Morgan fingerprint density at radius 3 is 2.59 bits per heavy atom. The van der Waals surface area contributed by atoms with E-state index in [1.165, 1.54) is 7.11 Å². The Morgan fingerprint density at radius 1 is 1.05 bits per heavy atom. The number of rotatable bonds is 7. The van der Waals surface area contributed by atoms with Crippen LogP contribution in [0.15, 0.2) is 89.7 Å². The molecule has 1 aliphatic heterocycles. The standard InChI is InChI=1S/C26H24BrN5O3S2/c1-35-23-12-11-19(16-21(23)30-37(2,33)34)32-25(24(29-26(32)36)20-9-3-4-13-28-20)22-10-6-14-31(22)18-8-5-7-17(27)15-18/h3-16,24-25,30H,1-2H3,(H,29,36). The minimum atomic E-state index is -3.54. The number of halogens is 1. The molecule has 4 aromatic rings. The lowest BCUT2D eigenvalue weighted by Gasteiger charge is -2.29. The number of hydrogen-bond acceptors (Lipinski definition) is 5. The average Bonchev–Trinajstić information content (AvgIpc) is 3.48. The third-order valence-electron chi connectivity index (χ3n) is 6.02. The summed E-state index contributed by atoms with van der Waals surface area (Å²) in [4.78, 5) is 6.61. The molecule has 190 valence electrons. The first-order valence-corrected chi connectivity index (χ1v) is 14.4. The zero-order valence-corrected chi connectivity index (χ0v) is 23.2. The van der Waals surface area contributed by atoms with E-state index in [-0.39, 0.29) is 12.1 Å². The summed E-state index contributed by atoms with van der Waals surface area (Å²) in [5.41, 5.74) is 3.83. The van der Waals surface area contributed by atoms with Crippen molar-refractivity contribution in [3.63, 3.8) is 0 Å². The van der Waals surface area contributed by atoms with E-state index in [1.807, 2.05) is 65.7 Å². The molecule has 2 aromatic heterocycles. The van der Waals surface area contributed by atoms with Crippen LogP contribution in [0.4, 0.5) is 11.4 Å². The molecule has 2 aromatic carbocycles. The Balaban J connectivity index is 1.67. The van der Waals surface area contributed by atoms with Gasteiger partial charge in [-0.15, -0.1) is 0 Å². The highest BCUT2D eigenvalue weighted by Crippen LogP contribution is 2.44. The first-order chi connectivity index (χ1) is 17.7. The van der Waals surface area contributed by atoms with Crippen molar-refractivity contribution in [3.05, 3.63) is 101 Å². The molecule has 1 saturated heterocycles. The fourth-order valence-electron chi connectivity index (χ4n) is 4.55. The van der Waals surface area contributed by atoms with Gasteiger partial charge < -0.3 is 19.5 Å². The maximum atomic E-state index is 12.0. The molecule has 2 unspecified atom stereocenters. The minimum Gasteiger partial charge on any atom is -0.495 e. The van der Waals surface area contributed by atoms with Crippen LogP contribution in [-0.4, -0.2) is 36.4 Å². The molecule has 0 saturated carbocycles. The van der Waals surface area contributed by atoms with Crippen LogP contribution < -0.4 is 19.7 Å². The first-order valence-electron chi connectivity index (χ1n) is 11.3. The molecule has 2 N–H and O–H groups in total. The molecule has 0 amide bonds. The van der Waals surface area contributed by atoms with Gasteiger partial charge in [-0.1, -0.05) is 28.1 Å². The highest BCUT2D eigenvalue weighted by Gasteiger charge is 2.42. The van der Waals surface area contributed by atoms with Gasteiger partial charge in [-0.05, 0) is 72.9 Å². The monoisotopic (exact) mass is 597 g/mol. The summed E-state index contributed by atoms with van der Waals surface area (Å²) >= 11 is 9.42. The Morgan fingerprint density at radius 2 is 1.89 bits per heavy atom. The number of ether oxygens (including phenoxy) is 1. The molecule has 2 atom stereocenters. The van der Waals surface area contributed by atoms with Crippen molar-refractivity contribution in [2.45, 2.75) is 12.1 Å². The molecule has 0 bridgehead atoms. The summed E-state index contributed by atoms with van der Waals surface area (Å²) in [6.07, 6.45) is 4.87. The lowest BCUT2D eigenvalue weighted by atomic mass is 10.0. The SMILES string of the molecule is COc1ccc(N2C(=S)NC(c3ccccn3)C2c2cccn2-c2cccc(Br)c2)cc1NS(C)(=O)=O. The van der Waals surface area contributed by atoms with Crippen LogP contribution >= 0.6 is 28.1 Å². The molecule has 3 heterocycles. The van der Waals surface area contributed by atoms with Crippen molar-refractivity contribution in [2.24, 2.45) is 0 Å². The number of anilines is 2. The lowest BCUT2D eigenvalue weighted by molar-refractivity contribution is 0.417. The molecule has 0 spiro atoms. The second kappa shape index (κ2) is 10.2. The highest BCUT2D eigenvalue weighted by atomic mass is 79.9. The number of pyridine rings is 1. The largest absolute Gasteiger partial charge is 0.495 e. The van der Waals surface area contributed by atoms with Gasteiger partial charge >= 0.3 is 0 Å². The van der Waals surface area contributed by atoms with E-state index in [4.69, 9.17) is 17.0 Å². The number of benzene rings is 2. The highest BCUT2D eigenvalue weighted by molar-refractivity contribution is 9.10. The molecule has 8 nitrogen and oxygen atoms in total. The Labute approximate surface area is 229 Å². The number of thiocarbonyl (C=S) groups is 1. The van der Waals surface area contributed by atoms with Gasteiger partial charge in [-0.25, -0.2) is 8.42 Å². The normalized spacial score (nSPS) is 17.5.